The minimum absolute atomic E-state index is 0.0257. The quantitative estimate of drug-likeness (QED) is 0.741. The van der Waals surface area contributed by atoms with E-state index in [1.165, 1.54) is 30.3 Å². The van der Waals surface area contributed by atoms with Crippen LogP contribution in [0.5, 0.6) is 5.75 Å². The largest absolute Gasteiger partial charge is 0.435 e. The lowest BCUT2D eigenvalue weighted by Crippen LogP contribution is -2.12. The van der Waals surface area contributed by atoms with Gasteiger partial charge in [-0.2, -0.15) is 8.78 Å². The molecule has 122 valence electrons. The van der Waals surface area contributed by atoms with E-state index in [1.54, 1.807) is 24.3 Å². The van der Waals surface area contributed by atoms with Gasteiger partial charge in [0, 0.05) is 22.7 Å². The summed E-state index contributed by atoms with van der Waals surface area (Å²) >= 11 is 0. The molecule has 0 fully saturated rings. The van der Waals surface area contributed by atoms with Crippen LogP contribution in [-0.2, 0) is 0 Å². The maximum absolute atomic E-state index is 12.2. The number of halogens is 2. The third-order valence-corrected chi connectivity index (χ3v) is 3.22. The van der Waals surface area contributed by atoms with E-state index in [-0.39, 0.29) is 11.3 Å². The molecular weight excluding hydrogens is 320 g/mol. The lowest BCUT2D eigenvalue weighted by atomic mass is 10.2. The van der Waals surface area contributed by atoms with Gasteiger partial charge in [0.05, 0.1) is 0 Å². The summed E-state index contributed by atoms with van der Waals surface area (Å²) < 4.78 is 33.4. The normalized spacial score (nSPS) is 10.8. The second-order valence-corrected chi connectivity index (χ2v) is 4.86. The van der Waals surface area contributed by atoms with Crippen molar-refractivity contribution in [2.24, 2.45) is 0 Å². The van der Waals surface area contributed by atoms with Crippen LogP contribution in [0.1, 0.15) is 10.4 Å². The van der Waals surface area contributed by atoms with E-state index in [1.807, 2.05) is 0 Å². The van der Waals surface area contributed by atoms with Crippen molar-refractivity contribution in [3.63, 3.8) is 0 Å². The molecule has 1 N–H and O–H groups in total. The Kier molecular flexibility index (Phi) is 4.24. The molecule has 3 aromatic rings. The van der Waals surface area contributed by atoms with Gasteiger partial charge in [0.15, 0.2) is 0 Å². The molecule has 0 atom stereocenters. The zero-order valence-corrected chi connectivity index (χ0v) is 12.2. The van der Waals surface area contributed by atoms with E-state index in [0.29, 0.717) is 16.7 Å². The van der Waals surface area contributed by atoms with Gasteiger partial charge < -0.3 is 14.5 Å². The molecule has 0 aliphatic heterocycles. The number of alkyl halides is 2. The number of nitrogens with one attached hydrogen (secondary N) is 1. The third-order valence-electron chi connectivity index (χ3n) is 3.22. The van der Waals surface area contributed by atoms with Crippen LogP contribution in [0.25, 0.3) is 11.0 Å². The smallest absolute Gasteiger partial charge is 0.387 e. The Bertz CT molecular complexity index is 935. The van der Waals surface area contributed by atoms with Gasteiger partial charge in [0.25, 0.3) is 5.91 Å². The van der Waals surface area contributed by atoms with E-state index >= 15 is 0 Å². The van der Waals surface area contributed by atoms with Gasteiger partial charge in [0.1, 0.15) is 11.3 Å². The Hall–Kier alpha value is -3.22. The Morgan fingerprint density at radius 2 is 1.79 bits per heavy atom. The highest BCUT2D eigenvalue weighted by Gasteiger charge is 2.09. The van der Waals surface area contributed by atoms with Crippen LogP contribution in [0.15, 0.2) is 63.8 Å². The number of carbonyl (C=O) groups excluding carboxylic acids is 1. The standard InChI is InChI=1S/C17H11F2NO4/c18-17(19)23-13-5-1-10(2-6-13)16(22)20-12-4-7-14-11(9-12)3-8-15(21)24-14/h1-9,17H,(H,20,22). The van der Waals surface area contributed by atoms with Crippen LogP contribution in [0.4, 0.5) is 14.5 Å². The molecule has 0 spiro atoms. The van der Waals surface area contributed by atoms with Crippen molar-refractivity contribution in [3.8, 4) is 5.75 Å². The molecule has 2 aromatic carbocycles. The molecule has 24 heavy (non-hydrogen) atoms. The summed E-state index contributed by atoms with van der Waals surface area (Å²) in [5.41, 5.74) is 0.755. The van der Waals surface area contributed by atoms with Crippen molar-refractivity contribution in [2.75, 3.05) is 5.32 Å². The van der Waals surface area contributed by atoms with Crippen molar-refractivity contribution in [2.45, 2.75) is 6.61 Å². The van der Waals surface area contributed by atoms with Crippen LogP contribution in [-0.4, -0.2) is 12.5 Å². The topological polar surface area (TPSA) is 68.5 Å². The van der Waals surface area contributed by atoms with Gasteiger partial charge in [-0.3, -0.25) is 4.79 Å². The van der Waals surface area contributed by atoms with Gasteiger partial charge in [0.2, 0.25) is 0 Å². The van der Waals surface area contributed by atoms with Crippen molar-refractivity contribution in [3.05, 3.63) is 70.6 Å². The van der Waals surface area contributed by atoms with Gasteiger partial charge in [-0.05, 0) is 48.5 Å². The SMILES string of the molecule is O=C(Nc1ccc2oc(=O)ccc2c1)c1ccc(OC(F)F)cc1. The van der Waals surface area contributed by atoms with E-state index < -0.39 is 18.1 Å². The fourth-order valence-electron chi connectivity index (χ4n) is 2.14. The Balaban J connectivity index is 1.76. The van der Waals surface area contributed by atoms with Gasteiger partial charge in [-0.1, -0.05) is 0 Å². The highest BCUT2D eigenvalue weighted by molar-refractivity contribution is 6.05. The van der Waals surface area contributed by atoms with Crippen molar-refractivity contribution < 1.29 is 22.7 Å². The van der Waals surface area contributed by atoms with Crippen molar-refractivity contribution in [1.82, 2.24) is 0 Å². The number of hydrogen-bond donors (Lipinski definition) is 1. The first kappa shape index (κ1) is 15.7. The molecule has 0 radical (unpaired) electrons. The molecule has 0 bridgehead atoms. The molecule has 1 heterocycles. The first-order valence-corrected chi connectivity index (χ1v) is 6.91. The molecule has 1 amide bonds. The maximum atomic E-state index is 12.2. The number of anilines is 1. The summed E-state index contributed by atoms with van der Waals surface area (Å²) in [7, 11) is 0. The predicted octanol–water partition coefficient (Wildman–Crippen LogP) is 3.65. The molecule has 0 unspecified atom stereocenters. The monoisotopic (exact) mass is 331 g/mol. The molecule has 1 aromatic heterocycles. The second kappa shape index (κ2) is 6.49. The average Bonchev–Trinajstić information content (AvgIpc) is 2.55. The zero-order chi connectivity index (χ0) is 17.1. The van der Waals surface area contributed by atoms with E-state index in [2.05, 4.69) is 10.1 Å². The van der Waals surface area contributed by atoms with Gasteiger partial charge in [-0.25, -0.2) is 4.79 Å². The fraction of sp³-hybridized carbons (Fsp3) is 0.0588. The van der Waals surface area contributed by atoms with Crippen molar-refractivity contribution in [1.29, 1.82) is 0 Å². The zero-order valence-electron chi connectivity index (χ0n) is 12.2. The van der Waals surface area contributed by atoms with Crippen LogP contribution in [0.3, 0.4) is 0 Å². The Labute approximate surface area is 134 Å². The first-order valence-electron chi connectivity index (χ1n) is 6.91. The number of hydrogen-bond acceptors (Lipinski definition) is 4. The van der Waals surface area contributed by atoms with Gasteiger partial charge >= 0.3 is 12.2 Å². The predicted molar refractivity (Wildman–Crippen MR) is 83.5 cm³/mol. The number of benzene rings is 2. The number of fused-ring (bicyclic) bond motifs is 1. The average molecular weight is 331 g/mol. The lowest BCUT2D eigenvalue weighted by Gasteiger charge is -2.08. The second-order valence-electron chi connectivity index (χ2n) is 4.86. The molecule has 5 nitrogen and oxygen atoms in total. The number of ether oxygens (including phenoxy) is 1. The molecule has 0 saturated heterocycles. The van der Waals surface area contributed by atoms with Crippen LogP contribution in [0, 0.1) is 0 Å². The fourth-order valence-corrected chi connectivity index (χ4v) is 2.14. The summed E-state index contributed by atoms with van der Waals surface area (Å²) in [6.07, 6.45) is 0. The van der Waals surface area contributed by atoms with Gasteiger partial charge in [-0.15, -0.1) is 0 Å². The summed E-state index contributed by atoms with van der Waals surface area (Å²) in [6.45, 7) is -2.91. The Morgan fingerprint density at radius 1 is 1.04 bits per heavy atom. The minimum Gasteiger partial charge on any atom is -0.435 e. The summed E-state index contributed by atoms with van der Waals surface area (Å²) in [5, 5.41) is 3.34. The Morgan fingerprint density at radius 3 is 2.50 bits per heavy atom. The van der Waals surface area contributed by atoms with Crippen LogP contribution >= 0.6 is 0 Å². The molecule has 0 saturated carbocycles. The third kappa shape index (κ3) is 3.57. The highest BCUT2D eigenvalue weighted by Crippen LogP contribution is 2.19. The molecule has 7 heteroatoms. The highest BCUT2D eigenvalue weighted by atomic mass is 19.3. The van der Waals surface area contributed by atoms with Crippen LogP contribution in [0.2, 0.25) is 0 Å². The number of rotatable bonds is 4. The number of amides is 1. The van der Waals surface area contributed by atoms with E-state index in [4.69, 9.17) is 4.42 Å². The first-order chi connectivity index (χ1) is 11.5. The van der Waals surface area contributed by atoms with E-state index in [9.17, 15) is 18.4 Å². The molecule has 3 rings (SSSR count). The van der Waals surface area contributed by atoms with Crippen molar-refractivity contribution >= 4 is 22.6 Å². The minimum atomic E-state index is -2.91. The maximum Gasteiger partial charge on any atom is 0.387 e. The lowest BCUT2D eigenvalue weighted by molar-refractivity contribution is -0.0498. The summed E-state index contributed by atoms with van der Waals surface area (Å²) in [4.78, 5) is 23.3. The van der Waals surface area contributed by atoms with Crippen LogP contribution < -0.4 is 15.7 Å². The molecule has 0 aliphatic rings. The summed E-state index contributed by atoms with van der Waals surface area (Å²) in [5.74, 6) is -0.433. The van der Waals surface area contributed by atoms with E-state index in [0.717, 1.165) is 0 Å². The molecule has 0 aliphatic carbocycles. The molecular formula is C17H11F2NO4. The number of carbonyl (C=O) groups is 1. The summed E-state index contributed by atoms with van der Waals surface area (Å²) in [6, 6.07) is 13.0.